The Hall–Kier alpha value is -11.2. The molecule has 2 atom stereocenters. The number of benzene rings is 5. The molecule has 1 aliphatic heterocycles. The Kier molecular flexibility index (Phi) is 16.5. The molecule has 9 aliphatic rings. The fourth-order valence-corrected chi connectivity index (χ4v) is 13.5. The van der Waals surface area contributed by atoms with Crippen LogP contribution in [-0.4, -0.2) is 96.5 Å². The zero-order valence-electron chi connectivity index (χ0n) is 53.0. The van der Waals surface area contributed by atoms with Crippen LogP contribution in [0, 0.1) is 0 Å². The second-order valence-electron chi connectivity index (χ2n) is 25.1. The van der Waals surface area contributed by atoms with Crippen molar-refractivity contribution >= 4 is 57.8 Å². The van der Waals surface area contributed by atoms with Gasteiger partial charge in [-0.15, -0.1) is 0 Å². The summed E-state index contributed by atoms with van der Waals surface area (Å²) < 4.78 is 39.2. The van der Waals surface area contributed by atoms with Gasteiger partial charge in [0.15, 0.2) is 63.5 Å². The van der Waals surface area contributed by atoms with Crippen molar-refractivity contribution in [2.75, 3.05) is 13.7 Å². The molecule has 10 aromatic rings. The minimum Gasteiger partial charge on any atom is -0.440 e. The number of methoxy groups -OCH3 is 1. The summed E-state index contributed by atoms with van der Waals surface area (Å²) in [5, 5.41) is 0. The van der Waals surface area contributed by atoms with Crippen LogP contribution in [0.15, 0.2) is 143 Å². The zero-order chi connectivity index (χ0) is 67.6. The molecule has 5 aromatic carbocycles. The number of hydrogen-bond donors (Lipinski definition) is 0. The lowest BCUT2D eigenvalue weighted by Crippen LogP contribution is -2.20. The smallest absolute Gasteiger partial charge is 0.271 e. The highest BCUT2D eigenvalue weighted by molar-refractivity contribution is 6.54. The third-order valence-electron chi connectivity index (χ3n) is 18.9. The number of Topliss-reactive ketones (excluding diaryl/α,β-unsaturated/α-hetero) is 10. The van der Waals surface area contributed by atoms with Crippen molar-refractivity contribution in [1.29, 1.82) is 0 Å². The summed E-state index contributed by atoms with van der Waals surface area (Å²) in [6, 6.07) is 35.0. The lowest BCUT2D eigenvalue weighted by molar-refractivity contribution is 0.0767. The lowest BCUT2D eigenvalue weighted by Gasteiger charge is -2.17. The molecule has 22 nitrogen and oxygen atoms in total. The molecule has 0 bridgehead atoms. The average Bonchev–Trinajstić information content (AvgIpc) is 1.60. The number of carbonyl (C=O) groups excluding carboxylic acids is 10. The van der Waals surface area contributed by atoms with Gasteiger partial charge in [-0.05, 0) is 58.3 Å². The summed E-state index contributed by atoms with van der Waals surface area (Å²) in [6.45, 7) is 2.43. The predicted molar refractivity (Wildman–Crippen MR) is 345 cm³/mol. The van der Waals surface area contributed by atoms with Crippen LogP contribution in [0.3, 0.4) is 0 Å². The van der Waals surface area contributed by atoms with Crippen molar-refractivity contribution in [3.63, 3.8) is 0 Å². The summed E-state index contributed by atoms with van der Waals surface area (Å²) in [5.41, 5.74) is 6.38. The van der Waals surface area contributed by atoms with Gasteiger partial charge in [-0.2, -0.15) is 0 Å². The molecule has 0 N–H and O–H groups in total. The number of fused-ring (bicyclic) bond motifs is 15. The highest BCUT2D eigenvalue weighted by atomic mass is 16.5. The van der Waals surface area contributed by atoms with Gasteiger partial charge >= 0.3 is 0 Å². The quantitative estimate of drug-likeness (QED) is 0.140. The minimum absolute atomic E-state index is 0.0409. The van der Waals surface area contributed by atoms with Gasteiger partial charge in [-0.1, -0.05) is 153 Å². The molecule has 490 valence electrons. The van der Waals surface area contributed by atoms with Gasteiger partial charge in [-0.3, -0.25) is 47.9 Å². The Balaban J connectivity index is 0.000000100. The molecule has 1 saturated heterocycles. The molecule has 0 amide bonds. The monoisotopic (exact) mass is 1310 g/mol. The first-order valence-corrected chi connectivity index (χ1v) is 32.8. The third-order valence-corrected chi connectivity index (χ3v) is 18.9. The van der Waals surface area contributed by atoms with Crippen LogP contribution in [0.1, 0.15) is 254 Å². The van der Waals surface area contributed by atoms with E-state index in [2.05, 4.69) is 24.9 Å². The van der Waals surface area contributed by atoms with Crippen molar-refractivity contribution in [3.8, 4) is 56.6 Å². The van der Waals surface area contributed by atoms with Crippen LogP contribution in [-0.2, 0) is 9.47 Å². The van der Waals surface area contributed by atoms with Crippen LogP contribution in [0.25, 0.3) is 56.6 Å². The number of hydrogen-bond acceptors (Lipinski definition) is 22. The van der Waals surface area contributed by atoms with Crippen LogP contribution < -0.4 is 0 Å². The molecular formula is C76H59N5O17. The van der Waals surface area contributed by atoms with Crippen molar-refractivity contribution in [2.24, 2.45) is 0 Å². The topological polar surface area (TPSA) is 319 Å². The molecule has 2 unspecified atom stereocenters. The first kappa shape index (κ1) is 62.9. The number of ketones is 10. The van der Waals surface area contributed by atoms with Crippen LogP contribution in [0.4, 0.5) is 0 Å². The first-order chi connectivity index (χ1) is 47.6. The van der Waals surface area contributed by atoms with Crippen LogP contribution in [0.2, 0.25) is 0 Å². The van der Waals surface area contributed by atoms with E-state index in [9.17, 15) is 47.9 Å². The summed E-state index contributed by atoms with van der Waals surface area (Å²) >= 11 is 0. The van der Waals surface area contributed by atoms with Gasteiger partial charge in [0.25, 0.3) is 28.9 Å². The minimum atomic E-state index is -0.632. The molecule has 4 fully saturated rings. The third kappa shape index (κ3) is 11.2. The fourth-order valence-electron chi connectivity index (χ4n) is 13.5. The Labute approximate surface area is 557 Å². The standard InChI is InChI=1S/C17H15NO3.C16H13NO3.C15H11NO4.C14H11NO4.C14H9NO3/c19-14-11-8-4-5-9-12(11)16-13(15(14)20)18-17(21-16)10-6-2-1-3-7-10;18-13-10-7-3-4-8-11(10)15-12(14(13)19)17-16(20-15)9-5-1-2-6-9;17-12-9-5-2-1-4-8(9)11-14(13(12)18)20-15(16-11)10-6-3-7-19-10;1-7(18-2)14-15-10-12(17)11(16)8-5-3-4-6-9(8)13(10)19-14;16-11-8-3-1-2-4-9(8)13-10(12(11)17)15-14(18-13)7-5-6-7/h4-5,8-10H,1-3,6-7H2;3-4,7-9H,1-2,5-6H2;1-2,4-5,10H,3,6-7H2;3-7H,1-2H3;1-4,7H,5-6H2. The largest absolute Gasteiger partial charge is 0.440 e. The highest BCUT2D eigenvalue weighted by Crippen LogP contribution is 2.46. The Morgan fingerprint density at radius 2 is 0.633 bits per heavy atom. The number of oxazole rings is 5. The van der Waals surface area contributed by atoms with Gasteiger partial charge < -0.3 is 31.6 Å². The fraction of sp³-hybridized carbons (Fsp3) is 0.276. The molecule has 0 spiro atoms. The molecule has 98 heavy (non-hydrogen) atoms. The predicted octanol–water partition coefficient (Wildman–Crippen LogP) is 14.7. The second-order valence-corrected chi connectivity index (χ2v) is 25.1. The van der Waals surface area contributed by atoms with Gasteiger partial charge in [0.1, 0.15) is 17.9 Å². The summed E-state index contributed by atoms with van der Waals surface area (Å²) in [5.74, 6) is -0.274. The Morgan fingerprint density at radius 3 is 1.01 bits per heavy atom. The van der Waals surface area contributed by atoms with E-state index < -0.39 is 57.8 Å². The van der Waals surface area contributed by atoms with Crippen LogP contribution >= 0.6 is 0 Å². The van der Waals surface area contributed by atoms with Crippen molar-refractivity contribution in [1.82, 2.24) is 24.9 Å². The van der Waals surface area contributed by atoms with E-state index in [-0.39, 0.29) is 52.6 Å². The van der Waals surface area contributed by atoms with Gasteiger partial charge in [0.2, 0.25) is 46.5 Å². The highest BCUT2D eigenvalue weighted by Gasteiger charge is 2.43. The molecule has 19 rings (SSSR count). The van der Waals surface area contributed by atoms with Crippen LogP contribution in [0.5, 0.6) is 0 Å². The van der Waals surface area contributed by atoms with E-state index in [0.29, 0.717) is 126 Å². The van der Waals surface area contributed by atoms with Gasteiger partial charge in [0.05, 0.1) is 0 Å². The Morgan fingerprint density at radius 1 is 0.316 bits per heavy atom. The normalized spacial score (nSPS) is 18.1. The maximum atomic E-state index is 12.2. The van der Waals surface area contributed by atoms with E-state index in [1.807, 2.05) is 36.4 Å². The maximum Gasteiger partial charge on any atom is 0.271 e. The molecule has 5 aromatic heterocycles. The van der Waals surface area contributed by atoms with Crippen molar-refractivity contribution in [3.05, 3.63) is 207 Å². The second kappa shape index (κ2) is 25.7. The van der Waals surface area contributed by atoms with E-state index >= 15 is 0 Å². The number of ether oxygens (including phenoxy) is 2. The van der Waals surface area contributed by atoms with E-state index in [0.717, 1.165) is 51.4 Å². The van der Waals surface area contributed by atoms with E-state index in [1.54, 1.807) is 91.9 Å². The summed E-state index contributed by atoms with van der Waals surface area (Å²) in [4.78, 5) is 142. The number of carbonyl (C=O) groups is 10. The van der Waals surface area contributed by atoms with E-state index in [1.165, 1.54) is 39.2 Å². The molecule has 22 heteroatoms. The molecular weight excluding hydrogens is 1250 g/mol. The molecule has 3 saturated carbocycles. The maximum absolute atomic E-state index is 12.2. The van der Waals surface area contributed by atoms with Crippen molar-refractivity contribution < 1.29 is 79.5 Å². The average molecular weight is 1310 g/mol. The van der Waals surface area contributed by atoms with Gasteiger partial charge in [0, 0.05) is 87.1 Å². The van der Waals surface area contributed by atoms with Gasteiger partial charge in [-0.25, -0.2) is 24.9 Å². The lowest BCUT2D eigenvalue weighted by atomic mass is 9.89. The zero-order valence-corrected chi connectivity index (χ0v) is 53.0. The number of aromatic nitrogens is 5. The SMILES string of the molecule is COC(C)c1nc2c(o1)-c1ccccc1C(=O)C2=O.O=C1C(=O)c2nc(C3CC3)oc2-c2ccccc21.O=C1C(=O)c2nc(C3CCCC3)oc2-c2ccccc21.O=C1C(=O)c2nc(C3CCCCC3)oc2-c2ccccc21.O=C1C(=O)c2oc(C3CCCO3)nc2-c2ccccc21. The Bertz CT molecular complexity index is 4880. The number of nitrogens with zero attached hydrogens (tertiary/aromatic N) is 5. The first-order valence-electron chi connectivity index (χ1n) is 32.8. The number of rotatable bonds is 6. The van der Waals surface area contributed by atoms with Crippen molar-refractivity contribution in [2.45, 2.75) is 120 Å². The molecule has 8 aliphatic carbocycles. The summed E-state index contributed by atoms with van der Waals surface area (Å²) in [7, 11) is 1.52. The van der Waals surface area contributed by atoms with E-state index in [4.69, 9.17) is 31.6 Å². The summed E-state index contributed by atoms with van der Waals surface area (Å²) in [6.07, 6.45) is 13.4. The molecule has 0 radical (unpaired) electrons. The molecule has 6 heterocycles.